The highest BCUT2D eigenvalue weighted by atomic mass is 16.3. The second-order valence-electron chi connectivity index (χ2n) is 6.52. The van der Waals surface area contributed by atoms with Crippen molar-refractivity contribution in [3.63, 3.8) is 0 Å². The van der Waals surface area contributed by atoms with E-state index in [1.807, 2.05) is 0 Å². The van der Waals surface area contributed by atoms with Gasteiger partial charge in [0.15, 0.2) is 0 Å². The van der Waals surface area contributed by atoms with Crippen LogP contribution in [0.3, 0.4) is 0 Å². The fourth-order valence-corrected chi connectivity index (χ4v) is 3.10. The lowest BCUT2D eigenvalue weighted by Crippen LogP contribution is -2.24. The van der Waals surface area contributed by atoms with Crippen LogP contribution in [0.1, 0.15) is 74.7 Å². The SMILES string of the molecule is CCCCCCC(C)CCC1=C(O)c2ccccc2C(=O)C1=O. The quantitative estimate of drug-likeness (QED) is 0.536. The molecule has 1 aromatic carbocycles. The molecule has 0 spiro atoms. The topological polar surface area (TPSA) is 54.4 Å². The van der Waals surface area contributed by atoms with Gasteiger partial charge in [-0.2, -0.15) is 0 Å². The fraction of sp³-hybridized carbons (Fsp3) is 0.500. The van der Waals surface area contributed by atoms with Crippen LogP contribution in [0.25, 0.3) is 5.76 Å². The zero-order valence-electron chi connectivity index (χ0n) is 14.1. The molecule has 0 heterocycles. The van der Waals surface area contributed by atoms with Gasteiger partial charge in [0.25, 0.3) is 0 Å². The first kappa shape index (κ1) is 17.5. The lowest BCUT2D eigenvalue weighted by Gasteiger charge is -2.19. The molecule has 23 heavy (non-hydrogen) atoms. The van der Waals surface area contributed by atoms with Crippen molar-refractivity contribution < 1.29 is 14.7 Å². The third-order valence-electron chi connectivity index (χ3n) is 4.63. The van der Waals surface area contributed by atoms with Crippen molar-refractivity contribution in [3.05, 3.63) is 41.0 Å². The van der Waals surface area contributed by atoms with Crippen molar-refractivity contribution >= 4 is 17.3 Å². The number of carbonyl (C=O) groups excluding carboxylic acids is 2. The van der Waals surface area contributed by atoms with Gasteiger partial charge in [0, 0.05) is 16.7 Å². The van der Waals surface area contributed by atoms with Gasteiger partial charge >= 0.3 is 0 Å². The van der Waals surface area contributed by atoms with Crippen LogP contribution in [-0.2, 0) is 4.79 Å². The summed E-state index contributed by atoms with van der Waals surface area (Å²) in [5.41, 5.74) is 1.09. The molecular weight excluding hydrogens is 288 g/mol. The second kappa shape index (κ2) is 8.09. The van der Waals surface area contributed by atoms with E-state index in [4.69, 9.17) is 0 Å². The molecule has 0 fully saturated rings. The number of ketones is 2. The number of hydrogen-bond donors (Lipinski definition) is 1. The van der Waals surface area contributed by atoms with Gasteiger partial charge in [-0.25, -0.2) is 0 Å². The van der Waals surface area contributed by atoms with Gasteiger partial charge in [0.05, 0.1) is 0 Å². The number of aliphatic hydroxyl groups is 1. The van der Waals surface area contributed by atoms with Crippen LogP contribution in [0, 0.1) is 5.92 Å². The Bertz CT molecular complexity index is 613. The minimum atomic E-state index is -0.542. The molecule has 0 aliphatic heterocycles. The molecule has 0 radical (unpaired) electrons. The van der Waals surface area contributed by atoms with Gasteiger partial charge in [-0.1, -0.05) is 70.2 Å². The highest BCUT2D eigenvalue weighted by Crippen LogP contribution is 2.31. The highest BCUT2D eigenvalue weighted by Gasteiger charge is 2.32. The van der Waals surface area contributed by atoms with E-state index in [1.54, 1.807) is 24.3 Å². The van der Waals surface area contributed by atoms with Crippen molar-refractivity contribution in [2.45, 2.75) is 58.8 Å². The van der Waals surface area contributed by atoms with Crippen molar-refractivity contribution in [1.29, 1.82) is 0 Å². The van der Waals surface area contributed by atoms with E-state index in [9.17, 15) is 14.7 Å². The van der Waals surface area contributed by atoms with Crippen LogP contribution in [0.2, 0.25) is 0 Å². The first-order chi connectivity index (χ1) is 11.1. The van der Waals surface area contributed by atoms with Gasteiger partial charge in [0.1, 0.15) is 5.76 Å². The summed E-state index contributed by atoms with van der Waals surface area (Å²) < 4.78 is 0. The van der Waals surface area contributed by atoms with Crippen molar-refractivity contribution in [1.82, 2.24) is 0 Å². The smallest absolute Gasteiger partial charge is 0.234 e. The lowest BCUT2D eigenvalue weighted by atomic mass is 9.85. The van der Waals surface area contributed by atoms with Gasteiger partial charge in [-0.15, -0.1) is 0 Å². The summed E-state index contributed by atoms with van der Waals surface area (Å²) in [4.78, 5) is 24.4. The summed E-state index contributed by atoms with van der Waals surface area (Å²) in [6.45, 7) is 4.37. The molecule has 0 saturated carbocycles. The summed E-state index contributed by atoms with van der Waals surface area (Å²) in [6, 6.07) is 6.77. The van der Waals surface area contributed by atoms with E-state index in [2.05, 4.69) is 13.8 Å². The molecule has 1 aliphatic rings. The Morgan fingerprint density at radius 1 is 0.957 bits per heavy atom. The number of carbonyl (C=O) groups is 2. The maximum absolute atomic E-state index is 12.2. The normalized spacial score (nSPS) is 15.7. The molecule has 0 amide bonds. The molecule has 0 aromatic heterocycles. The summed E-state index contributed by atoms with van der Waals surface area (Å²) in [7, 11) is 0. The van der Waals surface area contributed by atoms with Gasteiger partial charge < -0.3 is 5.11 Å². The number of benzene rings is 1. The maximum Gasteiger partial charge on any atom is 0.234 e. The predicted molar refractivity (Wildman–Crippen MR) is 92.5 cm³/mol. The number of Topliss-reactive ketones (excluding diaryl/α,β-unsaturated/α-hetero) is 2. The third kappa shape index (κ3) is 4.10. The van der Waals surface area contributed by atoms with E-state index < -0.39 is 11.6 Å². The Morgan fingerprint density at radius 2 is 1.65 bits per heavy atom. The van der Waals surface area contributed by atoms with Gasteiger partial charge in [0.2, 0.25) is 11.6 Å². The van der Waals surface area contributed by atoms with Crippen molar-refractivity contribution in [2.24, 2.45) is 5.92 Å². The standard InChI is InChI=1S/C20H26O3/c1-3-4-5-6-9-14(2)12-13-17-18(21)15-10-7-8-11-16(15)19(22)20(17)23/h7-8,10-11,14,21H,3-6,9,12-13H2,1-2H3. The monoisotopic (exact) mass is 314 g/mol. The molecule has 1 unspecified atom stereocenters. The fourth-order valence-electron chi connectivity index (χ4n) is 3.10. The summed E-state index contributed by atoms with van der Waals surface area (Å²) in [6.07, 6.45) is 7.38. The zero-order chi connectivity index (χ0) is 16.8. The Kier molecular flexibility index (Phi) is 6.14. The van der Waals surface area contributed by atoms with Crippen molar-refractivity contribution in [3.8, 4) is 0 Å². The van der Waals surface area contributed by atoms with Crippen LogP contribution in [0.4, 0.5) is 0 Å². The first-order valence-corrected chi connectivity index (χ1v) is 8.66. The minimum Gasteiger partial charge on any atom is -0.507 e. The van der Waals surface area contributed by atoms with E-state index in [1.165, 1.54) is 25.7 Å². The van der Waals surface area contributed by atoms with E-state index in [-0.39, 0.29) is 11.3 Å². The van der Waals surface area contributed by atoms with E-state index in [0.29, 0.717) is 23.5 Å². The van der Waals surface area contributed by atoms with Crippen LogP contribution in [0.15, 0.2) is 29.8 Å². The number of allylic oxidation sites excluding steroid dienone is 1. The Hall–Kier alpha value is -1.90. The molecule has 3 nitrogen and oxygen atoms in total. The Morgan fingerprint density at radius 3 is 2.35 bits per heavy atom. The lowest BCUT2D eigenvalue weighted by molar-refractivity contribution is -0.112. The molecule has 1 atom stereocenters. The number of fused-ring (bicyclic) bond motifs is 1. The zero-order valence-corrected chi connectivity index (χ0v) is 14.1. The van der Waals surface area contributed by atoms with E-state index in [0.717, 1.165) is 12.8 Å². The van der Waals surface area contributed by atoms with Crippen LogP contribution in [-0.4, -0.2) is 16.7 Å². The Balaban J connectivity index is 2.02. The molecule has 3 heteroatoms. The number of hydrogen-bond acceptors (Lipinski definition) is 3. The predicted octanol–water partition coefficient (Wildman–Crippen LogP) is 5.11. The van der Waals surface area contributed by atoms with Gasteiger partial charge in [-0.3, -0.25) is 9.59 Å². The third-order valence-corrected chi connectivity index (χ3v) is 4.63. The largest absolute Gasteiger partial charge is 0.507 e. The Labute approximate surface area is 138 Å². The maximum atomic E-state index is 12.2. The van der Waals surface area contributed by atoms with E-state index >= 15 is 0 Å². The van der Waals surface area contributed by atoms with Crippen molar-refractivity contribution in [2.75, 3.05) is 0 Å². The minimum absolute atomic E-state index is 0.0108. The summed E-state index contributed by atoms with van der Waals surface area (Å²) >= 11 is 0. The molecule has 0 bridgehead atoms. The summed E-state index contributed by atoms with van der Waals surface area (Å²) in [5, 5.41) is 10.4. The first-order valence-electron chi connectivity index (χ1n) is 8.66. The second-order valence-corrected chi connectivity index (χ2v) is 6.52. The molecule has 1 N–H and O–H groups in total. The molecule has 124 valence electrons. The summed E-state index contributed by atoms with van der Waals surface area (Å²) in [5.74, 6) is -0.556. The van der Waals surface area contributed by atoms with Crippen LogP contribution < -0.4 is 0 Å². The molecule has 1 aliphatic carbocycles. The van der Waals surface area contributed by atoms with Crippen LogP contribution >= 0.6 is 0 Å². The highest BCUT2D eigenvalue weighted by molar-refractivity contribution is 6.52. The van der Waals surface area contributed by atoms with Crippen LogP contribution in [0.5, 0.6) is 0 Å². The van der Waals surface area contributed by atoms with Gasteiger partial charge in [-0.05, 0) is 18.8 Å². The number of aliphatic hydroxyl groups excluding tert-OH is 1. The average molecular weight is 314 g/mol. The molecule has 2 rings (SSSR count). The number of unbranched alkanes of at least 4 members (excludes halogenated alkanes) is 3. The molecular formula is C20H26O3. The molecule has 1 aromatic rings. The average Bonchev–Trinajstić information content (AvgIpc) is 2.56. The molecule has 0 saturated heterocycles. The number of rotatable bonds is 8.